The Hall–Kier alpha value is -0.380. The van der Waals surface area contributed by atoms with Gasteiger partial charge in [-0.2, -0.15) is 0 Å². The van der Waals surface area contributed by atoms with Crippen LogP contribution in [-0.4, -0.2) is 17.3 Å². The molecule has 1 atom stereocenters. The summed E-state index contributed by atoms with van der Waals surface area (Å²) in [4.78, 5) is 0. The van der Waals surface area contributed by atoms with Crippen molar-refractivity contribution in [2.24, 2.45) is 0 Å². The molecule has 0 heterocycles. The van der Waals surface area contributed by atoms with E-state index in [-0.39, 0.29) is 0 Å². The van der Waals surface area contributed by atoms with Gasteiger partial charge in [0.1, 0.15) is 0 Å². The fraction of sp³-hybridized carbons (Fsp3) is 0.600. The van der Waals surface area contributed by atoms with E-state index in [1.807, 2.05) is 13.8 Å². The minimum atomic E-state index is -0.652. The van der Waals surface area contributed by atoms with Crippen LogP contribution in [0.4, 0.5) is 0 Å². The monoisotopic (exact) mass is 311 g/mol. The van der Waals surface area contributed by atoms with E-state index in [1.54, 1.807) is 0 Å². The van der Waals surface area contributed by atoms with E-state index < -0.39 is 5.60 Å². The van der Waals surface area contributed by atoms with E-state index in [0.717, 1.165) is 12.8 Å². The Morgan fingerprint density at radius 1 is 1.44 bits per heavy atom. The first-order valence-electron chi connectivity index (χ1n) is 6.54. The molecule has 0 spiro atoms. The molecule has 18 heavy (non-hydrogen) atoms. The van der Waals surface area contributed by atoms with Crippen LogP contribution in [0.25, 0.3) is 0 Å². The molecule has 1 aromatic carbocycles. The summed E-state index contributed by atoms with van der Waals surface area (Å²) >= 11 is 3.63. The molecule has 0 saturated heterocycles. The molecule has 0 saturated carbocycles. The number of aryl methyl sites for hydroxylation is 1. The van der Waals surface area contributed by atoms with Crippen LogP contribution >= 0.6 is 15.9 Å². The van der Waals surface area contributed by atoms with Crippen molar-refractivity contribution < 1.29 is 5.11 Å². The molecule has 2 rings (SSSR count). The first-order chi connectivity index (χ1) is 8.29. The lowest BCUT2D eigenvalue weighted by Crippen LogP contribution is -2.36. The summed E-state index contributed by atoms with van der Waals surface area (Å²) in [6.45, 7) is 8.67. The van der Waals surface area contributed by atoms with Crippen molar-refractivity contribution in [1.82, 2.24) is 5.32 Å². The van der Waals surface area contributed by atoms with Crippen LogP contribution < -0.4 is 5.32 Å². The second-order valence-corrected chi connectivity index (χ2v) is 6.83. The first-order valence-corrected chi connectivity index (χ1v) is 7.33. The molecule has 100 valence electrons. The highest BCUT2D eigenvalue weighted by atomic mass is 79.9. The van der Waals surface area contributed by atoms with E-state index in [0.29, 0.717) is 12.6 Å². The Balaban J connectivity index is 2.26. The summed E-state index contributed by atoms with van der Waals surface area (Å²) in [5, 5.41) is 13.3. The van der Waals surface area contributed by atoms with E-state index in [2.05, 4.69) is 41.2 Å². The lowest BCUT2D eigenvalue weighted by molar-refractivity contribution is 0.0764. The number of rotatable bonds is 3. The zero-order valence-corrected chi connectivity index (χ0v) is 13.2. The summed E-state index contributed by atoms with van der Waals surface area (Å²) in [5.74, 6) is 0. The van der Waals surface area contributed by atoms with Gasteiger partial charge in [-0.1, -0.05) is 15.9 Å². The van der Waals surface area contributed by atoms with Crippen LogP contribution in [0.3, 0.4) is 0 Å². The van der Waals surface area contributed by atoms with Crippen LogP contribution in [0.1, 0.15) is 48.6 Å². The van der Waals surface area contributed by atoms with Gasteiger partial charge in [-0.05, 0) is 68.9 Å². The number of halogens is 1. The van der Waals surface area contributed by atoms with E-state index in [1.165, 1.54) is 26.7 Å². The van der Waals surface area contributed by atoms with Gasteiger partial charge in [0.25, 0.3) is 0 Å². The van der Waals surface area contributed by atoms with Gasteiger partial charge in [0.15, 0.2) is 0 Å². The van der Waals surface area contributed by atoms with Gasteiger partial charge in [-0.25, -0.2) is 0 Å². The number of fused-ring (bicyclic) bond motifs is 1. The van der Waals surface area contributed by atoms with Gasteiger partial charge < -0.3 is 10.4 Å². The number of hydrogen-bond acceptors (Lipinski definition) is 2. The largest absolute Gasteiger partial charge is 0.389 e. The molecule has 3 heteroatoms. The maximum absolute atomic E-state index is 9.82. The zero-order valence-electron chi connectivity index (χ0n) is 11.6. The molecule has 0 aliphatic heterocycles. The van der Waals surface area contributed by atoms with Gasteiger partial charge in [0, 0.05) is 17.1 Å². The van der Waals surface area contributed by atoms with Crippen molar-refractivity contribution in [3.63, 3.8) is 0 Å². The maximum Gasteiger partial charge on any atom is 0.0715 e. The third-order valence-electron chi connectivity index (χ3n) is 3.72. The predicted molar refractivity (Wildman–Crippen MR) is 79.0 cm³/mol. The topological polar surface area (TPSA) is 32.3 Å². The third kappa shape index (κ3) is 2.79. The van der Waals surface area contributed by atoms with Crippen molar-refractivity contribution in [2.45, 2.75) is 52.2 Å². The number of aliphatic hydroxyl groups is 1. The summed E-state index contributed by atoms with van der Waals surface area (Å²) < 4.78 is 1.21. The first kappa shape index (κ1) is 14.0. The summed E-state index contributed by atoms with van der Waals surface area (Å²) in [7, 11) is 0. The van der Waals surface area contributed by atoms with Crippen molar-refractivity contribution >= 4 is 15.9 Å². The van der Waals surface area contributed by atoms with Crippen LogP contribution in [0.5, 0.6) is 0 Å². The average Bonchev–Trinajstić information content (AvgIpc) is 2.66. The molecular weight excluding hydrogens is 290 g/mol. The van der Waals surface area contributed by atoms with E-state index >= 15 is 0 Å². The zero-order chi connectivity index (χ0) is 13.5. The van der Waals surface area contributed by atoms with E-state index in [4.69, 9.17) is 0 Å². The molecular formula is C15H22BrNO. The third-order valence-corrected chi connectivity index (χ3v) is 4.54. The Labute approximate surface area is 118 Å². The second kappa shape index (κ2) is 4.95. The predicted octanol–water partition coefficient (Wildman–Crippen LogP) is 3.41. The van der Waals surface area contributed by atoms with Crippen LogP contribution in [0.2, 0.25) is 0 Å². The highest BCUT2D eigenvalue weighted by Gasteiger charge is 2.27. The van der Waals surface area contributed by atoms with Crippen LogP contribution in [0.15, 0.2) is 10.5 Å². The Bertz CT molecular complexity index is 463. The standard InChI is InChI=1S/C15H22BrNO/c1-9-7-12(16)10(2)11-5-6-13(14(9)11)17-8-15(3,4)18/h7,13,17-18H,5-6,8H2,1-4H3. The molecule has 1 aliphatic carbocycles. The molecule has 1 unspecified atom stereocenters. The highest BCUT2D eigenvalue weighted by Crippen LogP contribution is 2.38. The van der Waals surface area contributed by atoms with Gasteiger partial charge >= 0.3 is 0 Å². The summed E-state index contributed by atoms with van der Waals surface area (Å²) in [5.41, 5.74) is 4.98. The molecule has 2 nitrogen and oxygen atoms in total. The smallest absolute Gasteiger partial charge is 0.0715 e. The number of benzene rings is 1. The molecule has 0 aromatic heterocycles. The fourth-order valence-corrected chi connectivity index (χ4v) is 3.36. The van der Waals surface area contributed by atoms with Gasteiger partial charge in [-0.3, -0.25) is 0 Å². The lowest BCUT2D eigenvalue weighted by atomic mass is 9.97. The fourth-order valence-electron chi connectivity index (χ4n) is 2.78. The van der Waals surface area contributed by atoms with Crippen molar-refractivity contribution in [3.05, 3.63) is 32.8 Å². The molecule has 1 aliphatic rings. The number of hydrogen-bond donors (Lipinski definition) is 2. The van der Waals surface area contributed by atoms with Crippen molar-refractivity contribution in [2.75, 3.05) is 6.54 Å². The molecule has 0 bridgehead atoms. The normalized spacial score (nSPS) is 19.1. The number of nitrogens with one attached hydrogen (secondary N) is 1. The molecule has 0 amide bonds. The van der Waals surface area contributed by atoms with Gasteiger partial charge in [0.05, 0.1) is 5.60 Å². The van der Waals surface area contributed by atoms with Crippen LogP contribution in [0, 0.1) is 13.8 Å². The molecule has 0 radical (unpaired) electrons. The Kier molecular flexibility index (Phi) is 3.86. The molecule has 1 aromatic rings. The van der Waals surface area contributed by atoms with Crippen molar-refractivity contribution in [1.29, 1.82) is 0 Å². The maximum atomic E-state index is 9.82. The van der Waals surface area contributed by atoms with Gasteiger partial charge in [0.2, 0.25) is 0 Å². The quantitative estimate of drug-likeness (QED) is 0.896. The minimum Gasteiger partial charge on any atom is -0.389 e. The van der Waals surface area contributed by atoms with Crippen molar-refractivity contribution in [3.8, 4) is 0 Å². The van der Waals surface area contributed by atoms with Crippen LogP contribution in [-0.2, 0) is 6.42 Å². The SMILES string of the molecule is Cc1cc(Br)c(C)c2c1C(NCC(C)(C)O)CC2. The van der Waals surface area contributed by atoms with E-state index in [9.17, 15) is 5.11 Å². The summed E-state index contributed by atoms with van der Waals surface area (Å²) in [6, 6.07) is 2.59. The Morgan fingerprint density at radius 2 is 2.11 bits per heavy atom. The minimum absolute atomic E-state index is 0.387. The second-order valence-electron chi connectivity index (χ2n) is 5.98. The summed E-state index contributed by atoms with van der Waals surface area (Å²) in [6.07, 6.45) is 2.26. The van der Waals surface area contributed by atoms with Gasteiger partial charge in [-0.15, -0.1) is 0 Å². The molecule has 0 fully saturated rings. The molecule has 2 N–H and O–H groups in total. The highest BCUT2D eigenvalue weighted by molar-refractivity contribution is 9.10. The Morgan fingerprint density at radius 3 is 2.72 bits per heavy atom. The average molecular weight is 312 g/mol. The lowest BCUT2D eigenvalue weighted by Gasteiger charge is -2.23.